The number of nitrogens with zero attached hydrogens (tertiary/aromatic N) is 2. The molecular formula is C12H11N3O5. The molecule has 0 bridgehead atoms. The Labute approximate surface area is 113 Å². The fourth-order valence-corrected chi connectivity index (χ4v) is 1.62. The average molecular weight is 277 g/mol. The second-order valence-electron chi connectivity index (χ2n) is 4.01. The third kappa shape index (κ3) is 2.91. The first kappa shape index (κ1) is 13.5. The van der Waals surface area contributed by atoms with E-state index in [-0.39, 0.29) is 23.5 Å². The molecule has 0 fully saturated rings. The Morgan fingerprint density at radius 3 is 2.85 bits per heavy atom. The van der Waals surface area contributed by atoms with Crippen LogP contribution in [0.4, 0.5) is 11.4 Å². The number of carboxylic acid groups (broad SMARTS) is 1. The maximum Gasteiger partial charge on any atom is 0.335 e. The number of nitrogens with one attached hydrogen (secondary N) is 1. The smallest absolute Gasteiger partial charge is 0.335 e. The molecule has 2 aromatic rings. The summed E-state index contributed by atoms with van der Waals surface area (Å²) >= 11 is 0. The van der Waals surface area contributed by atoms with Gasteiger partial charge in [0.05, 0.1) is 23.2 Å². The minimum atomic E-state index is -1.16. The van der Waals surface area contributed by atoms with Gasteiger partial charge in [-0.3, -0.25) is 10.1 Å². The van der Waals surface area contributed by atoms with Gasteiger partial charge >= 0.3 is 5.97 Å². The SMILES string of the molecule is Cc1cnc(CNc2cc(C(=O)O)ccc2[N+](=O)[O-])o1. The van der Waals surface area contributed by atoms with Gasteiger partial charge in [0.2, 0.25) is 5.89 Å². The van der Waals surface area contributed by atoms with Crippen molar-refractivity contribution in [1.29, 1.82) is 0 Å². The lowest BCUT2D eigenvalue weighted by atomic mass is 10.1. The molecule has 20 heavy (non-hydrogen) atoms. The normalized spacial score (nSPS) is 10.2. The Morgan fingerprint density at radius 1 is 1.55 bits per heavy atom. The Bertz CT molecular complexity index is 665. The predicted molar refractivity (Wildman–Crippen MR) is 68.6 cm³/mol. The van der Waals surface area contributed by atoms with E-state index < -0.39 is 10.9 Å². The number of aryl methyl sites for hydroxylation is 1. The van der Waals surface area contributed by atoms with Gasteiger partial charge in [-0.1, -0.05) is 0 Å². The van der Waals surface area contributed by atoms with E-state index in [0.29, 0.717) is 11.7 Å². The van der Waals surface area contributed by atoms with Gasteiger partial charge in [-0.25, -0.2) is 9.78 Å². The van der Waals surface area contributed by atoms with Gasteiger partial charge in [0.15, 0.2) is 0 Å². The van der Waals surface area contributed by atoms with Gasteiger partial charge in [0.1, 0.15) is 11.4 Å². The first-order valence-electron chi connectivity index (χ1n) is 5.64. The van der Waals surface area contributed by atoms with Crippen molar-refractivity contribution >= 4 is 17.3 Å². The highest BCUT2D eigenvalue weighted by molar-refractivity contribution is 5.90. The third-order valence-corrected chi connectivity index (χ3v) is 2.54. The van der Waals surface area contributed by atoms with Crippen LogP contribution in [-0.4, -0.2) is 21.0 Å². The fraction of sp³-hybridized carbons (Fsp3) is 0.167. The largest absolute Gasteiger partial charge is 0.478 e. The zero-order valence-corrected chi connectivity index (χ0v) is 10.5. The number of aromatic nitrogens is 1. The molecule has 104 valence electrons. The van der Waals surface area contributed by atoms with Crippen LogP contribution >= 0.6 is 0 Å². The lowest BCUT2D eigenvalue weighted by Gasteiger charge is -2.06. The predicted octanol–water partition coefficient (Wildman–Crippen LogP) is 2.20. The van der Waals surface area contributed by atoms with Crippen LogP contribution in [0.1, 0.15) is 22.0 Å². The van der Waals surface area contributed by atoms with Crippen molar-refractivity contribution in [3.05, 3.63) is 51.7 Å². The van der Waals surface area contributed by atoms with Crippen LogP contribution < -0.4 is 5.32 Å². The summed E-state index contributed by atoms with van der Waals surface area (Å²) in [6, 6.07) is 3.53. The number of rotatable bonds is 5. The summed E-state index contributed by atoms with van der Waals surface area (Å²) in [5.41, 5.74) is -0.147. The monoisotopic (exact) mass is 277 g/mol. The van der Waals surface area contributed by atoms with E-state index in [1.807, 2.05) is 0 Å². The molecule has 2 N–H and O–H groups in total. The number of nitro groups is 1. The number of carbonyl (C=O) groups is 1. The molecule has 8 heteroatoms. The number of carboxylic acids is 1. The summed E-state index contributed by atoms with van der Waals surface area (Å²) in [4.78, 5) is 25.1. The molecule has 0 saturated carbocycles. The van der Waals surface area contributed by atoms with Crippen LogP contribution in [0.15, 0.2) is 28.8 Å². The zero-order valence-electron chi connectivity index (χ0n) is 10.5. The van der Waals surface area contributed by atoms with Crippen LogP contribution in [0.25, 0.3) is 0 Å². The lowest BCUT2D eigenvalue weighted by Crippen LogP contribution is -2.05. The molecule has 1 aromatic carbocycles. The Kier molecular flexibility index (Phi) is 3.65. The molecular weight excluding hydrogens is 266 g/mol. The van der Waals surface area contributed by atoms with Crippen molar-refractivity contribution in [1.82, 2.24) is 4.98 Å². The Balaban J connectivity index is 2.25. The second kappa shape index (κ2) is 5.39. The first-order chi connectivity index (χ1) is 9.47. The number of anilines is 1. The maximum absolute atomic E-state index is 10.9. The van der Waals surface area contributed by atoms with E-state index in [0.717, 1.165) is 6.07 Å². The fourth-order valence-electron chi connectivity index (χ4n) is 1.62. The highest BCUT2D eigenvalue weighted by atomic mass is 16.6. The van der Waals surface area contributed by atoms with Crippen LogP contribution in [0.5, 0.6) is 0 Å². The third-order valence-electron chi connectivity index (χ3n) is 2.54. The number of aromatic carboxylic acids is 1. The Hall–Kier alpha value is -2.90. The lowest BCUT2D eigenvalue weighted by molar-refractivity contribution is -0.384. The van der Waals surface area contributed by atoms with E-state index >= 15 is 0 Å². The van der Waals surface area contributed by atoms with Gasteiger partial charge in [-0.15, -0.1) is 0 Å². The van der Waals surface area contributed by atoms with E-state index in [1.165, 1.54) is 18.3 Å². The minimum absolute atomic E-state index is 0.0401. The molecule has 0 aliphatic heterocycles. The number of nitro benzene ring substituents is 1. The number of benzene rings is 1. The van der Waals surface area contributed by atoms with Crippen molar-refractivity contribution in [3.63, 3.8) is 0 Å². The summed E-state index contributed by atoms with van der Waals surface area (Å²) in [7, 11) is 0. The maximum atomic E-state index is 10.9. The molecule has 0 unspecified atom stereocenters. The summed E-state index contributed by atoms with van der Waals surface area (Å²) in [5, 5.41) is 22.6. The van der Waals surface area contributed by atoms with Crippen LogP contribution in [-0.2, 0) is 6.54 Å². The standard InChI is InChI=1S/C12H11N3O5/c1-7-5-14-11(20-7)6-13-9-4-8(12(16)17)2-3-10(9)15(18)19/h2-5,13H,6H2,1H3,(H,16,17). The van der Waals surface area contributed by atoms with Crippen molar-refractivity contribution in [3.8, 4) is 0 Å². The highest BCUT2D eigenvalue weighted by Gasteiger charge is 2.16. The molecule has 2 rings (SSSR count). The first-order valence-corrected chi connectivity index (χ1v) is 5.64. The van der Waals surface area contributed by atoms with Crippen molar-refractivity contribution in [2.45, 2.75) is 13.5 Å². The van der Waals surface area contributed by atoms with E-state index in [2.05, 4.69) is 10.3 Å². The van der Waals surface area contributed by atoms with Gasteiger partial charge in [-0.05, 0) is 19.1 Å². The van der Waals surface area contributed by atoms with Crippen molar-refractivity contribution in [2.24, 2.45) is 0 Å². The number of oxazole rings is 1. The van der Waals surface area contributed by atoms with Crippen LogP contribution in [0.3, 0.4) is 0 Å². The highest BCUT2D eigenvalue weighted by Crippen LogP contribution is 2.26. The quantitative estimate of drug-likeness (QED) is 0.635. The molecule has 8 nitrogen and oxygen atoms in total. The molecule has 1 aromatic heterocycles. The summed E-state index contributed by atoms with van der Waals surface area (Å²) in [6.45, 7) is 1.85. The van der Waals surface area contributed by atoms with Crippen LogP contribution in [0.2, 0.25) is 0 Å². The Morgan fingerprint density at radius 2 is 2.30 bits per heavy atom. The van der Waals surface area contributed by atoms with Gasteiger partial charge in [0.25, 0.3) is 5.69 Å². The molecule has 0 amide bonds. The second-order valence-corrected chi connectivity index (χ2v) is 4.01. The molecule has 0 aliphatic rings. The molecule has 0 spiro atoms. The summed E-state index contributed by atoms with van der Waals surface area (Å²) < 4.78 is 5.22. The molecule has 0 saturated heterocycles. The average Bonchev–Trinajstić information content (AvgIpc) is 2.81. The van der Waals surface area contributed by atoms with E-state index in [1.54, 1.807) is 6.92 Å². The summed E-state index contributed by atoms with van der Waals surface area (Å²) in [5.74, 6) is -0.178. The van der Waals surface area contributed by atoms with Crippen molar-refractivity contribution in [2.75, 3.05) is 5.32 Å². The minimum Gasteiger partial charge on any atom is -0.478 e. The van der Waals surface area contributed by atoms with Gasteiger partial charge in [0, 0.05) is 6.07 Å². The molecule has 1 heterocycles. The number of hydrogen-bond acceptors (Lipinski definition) is 6. The van der Waals surface area contributed by atoms with E-state index in [4.69, 9.17) is 9.52 Å². The van der Waals surface area contributed by atoms with Gasteiger partial charge in [-0.2, -0.15) is 0 Å². The molecule has 0 atom stereocenters. The molecule has 0 aliphatic carbocycles. The number of hydrogen-bond donors (Lipinski definition) is 2. The zero-order chi connectivity index (χ0) is 14.7. The molecule has 0 radical (unpaired) electrons. The van der Waals surface area contributed by atoms with E-state index in [9.17, 15) is 14.9 Å². The summed E-state index contributed by atoms with van der Waals surface area (Å²) in [6.07, 6.45) is 1.53. The topological polar surface area (TPSA) is 119 Å². The van der Waals surface area contributed by atoms with Crippen LogP contribution in [0, 0.1) is 17.0 Å². The van der Waals surface area contributed by atoms with Crippen molar-refractivity contribution < 1.29 is 19.2 Å². The van der Waals surface area contributed by atoms with Gasteiger partial charge < -0.3 is 14.8 Å².